The van der Waals surface area contributed by atoms with Crippen LogP contribution >= 0.6 is 11.6 Å². The molecule has 86 valence electrons. The van der Waals surface area contributed by atoms with Crippen molar-refractivity contribution >= 4 is 17.6 Å². The summed E-state index contributed by atoms with van der Waals surface area (Å²) < 4.78 is 18.3. The van der Waals surface area contributed by atoms with E-state index in [1.807, 2.05) is 0 Å². The predicted molar refractivity (Wildman–Crippen MR) is 55.9 cm³/mol. The van der Waals surface area contributed by atoms with Crippen LogP contribution < -0.4 is 0 Å². The fourth-order valence-electron chi connectivity index (χ4n) is 1.84. The molecule has 1 aromatic carbocycles. The Morgan fingerprint density at radius 2 is 2.31 bits per heavy atom. The van der Waals surface area contributed by atoms with E-state index in [1.54, 1.807) is 0 Å². The van der Waals surface area contributed by atoms with Crippen LogP contribution in [0.25, 0.3) is 0 Å². The third kappa shape index (κ3) is 1.90. The Bertz CT molecular complexity index is 429. The summed E-state index contributed by atoms with van der Waals surface area (Å²) in [5.74, 6) is -1.46. The van der Waals surface area contributed by atoms with Crippen molar-refractivity contribution in [2.45, 2.75) is 18.4 Å². The molecule has 0 saturated carbocycles. The number of ether oxygens (including phenoxy) is 1. The maximum Gasteiger partial charge on any atom is 0.306 e. The van der Waals surface area contributed by atoms with Crippen molar-refractivity contribution in [3.05, 3.63) is 34.6 Å². The van der Waals surface area contributed by atoms with Crippen molar-refractivity contribution in [1.82, 2.24) is 0 Å². The molecule has 0 aliphatic carbocycles. The summed E-state index contributed by atoms with van der Waals surface area (Å²) in [4.78, 5) is 10.7. The molecule has 5 heteroatoms. The molecule has 1 heterocycles. The van der Waals surface area contributed by atoms with Crippen molar-refractivity contribution in [2.24, 2.45) is 0 Å². The van der Waals surface area contributed by atoms with Gasteiger partial charge in [0.1, 0.15) is 11.4 Å². The number of aliphatic carboxylic acids is 1. The van der Waals surface area contributed by atoms with E-state index in [9.17, 15) is 9.18 Å². The first kappa shape index (κ1) is 11.4. The van der Waals surface area contributed by atoms with Crippen molar-refractivity contribution < 1.29 is 19.0 Å². The molecule has 1 aliphatic rings. The smallest absolute Gasteiger partial charge is 0.306 e. The highest BCUT2D eigenvalue weighted by Crippen LogP contribution is 2.41. The van der Waals surface area contributed by atoms with Gasteiger partial charge in [0.25, 0.3) is 0 Å². The van der Waals surface area contributed by atoms with E-state index in [0.717, 1.165) is 0 Å². The van der Waals surface area contributed by atoms with E-state index < -0.39 is 17.4 Å². The molecule has 0 amide bonds. The van der Waals surface area contributed by atoms with Gasteiger partial charge in [0.15, 0.2) is 0 Å². The van der Waals surface area contributed by atoms with Crippen molar-refractivity contribution in [3.8, 4) is 0 Å². The zero-order chi connectivity index (χ0) is 11.8. The van der Waals surface area contributed by atoms with E-state index in [0.29, 0.717) is 18.6 Å². The summed E-state index contributed by atoms with van der Waals surface area (Å²) in [6.07, 6.45) is 0.482. The molecule has 1 atom stereocenters. The zero-order valence-corrected chi connectivity index (χ0v) is 9.13. The van der Waals surface area contributed by atoms with Gasteiger partial charge >= 0.3 is 5.97 Å². The maximum atomic E-state index is 13.0. The summed E-state index contributed by atoms with van der Waals surface area (Å²) in [6.45, 7) is 0.516. The van der Waals surface area contributed by atoms with Gasteiger partial charge in [-0.25, -0.2) is 4.39 Å². The molecule has 1 N–H and O–H groups in total. The van der Waals surface area contributed by atoms with E-state index in [2.05, 4.69) is 0 Å². The number of rotatable bonds is 3. The number of hydrogen-bond acceptors (Lipinski definition) is 2. The van der Waals surface area contributed by atoms with Crippen molar-refractivity contribution in [1.29, 1.82) is 0 Å². The molecular weight excluding hydrogens is 235 g/mol. The standard InChI is InChI=1S/C11H10ClFO3/c12-8-5-7(1-2-9(8)13)11(3-4-16-11)6-10(14)15/h1-2,5H,3-4,6H2,(H,14,15). The summed E-state index contributed by atoms with van der Waals surface area (Å²) in [5.41, 5.74) is -0.212. The van der Waals surface area contributed by atoms with Gasteiger partial charge in [-0.3, -0.25) is 4.79 Å². The van der Waals surface area contributed by atoms with Crippen LogP contribution in [0.3, 0.4) is 0 Å². The van der Waals surface area contributed by atoms with E-state index >= 15 is 0 Å². The molecule has 2 rings (SSSR count). The number of halogens is 2. The summed E-state index contributed by atoms with van der Waals surface area (Å²) >= 11 is 5.66. The lowest BCUT2D eigenvalue weighted by atomic mass is 9.83. The lowest BCUT2D eigenvalue weighted by Gasteiger charge is -2.41. The molecule has 0 spiro atoms. The Balaban J connectivity index is 2.33. The number of carbonyl (C=O) groups is 1. The first-order chi connectivity index (χ1) is 7.53. The number of carboxylic acids is 1. The third-order valence-electron chi connectivity index (χ3n) is 2.77. The largest absolute Gasteiger partial charge is 0.481 e. The highest BCUT2D eigenvalue weighted by molar-refractivity contribution is 6.30. The van der Waals surface area contributed by atoms with E-state index in [-0.39, 0.29) is 11.4 Å². The second-order valence-corrected chi connectivity index (χ2v) is 4.20. The first-order valence-electron chi connectivity index (χ1n) is 4.85. The topological polar surface area (TPSA) is 46.5 Å². The van der Waals surface area contributed by atoms with Crippen molar-refractivity contribution in [2.75, 3.05) is 6.61 Å². The monoisotopic (exact) mass is 244 g/mol. The highest BCUT2D eigenvalue weighted by atomic mass is 35.5. The van der Waals surface area contributed by atoms with E-state index in [4.69, 9.17) is 21.4 Å². The van der Waals surface area contributed by atoms with Crippen LogP contribution in [0.2, 0.25) is 5.02 Å². The molecule has 0 aromatic heterocycles. The molecule has 3 nitrogen and oxygen atoms in total. The minimum atomic E-state index is -0.944. The van der Waals surface area contributed by atoms with Crippen LogP contribution in [0, 0.1) is 5.82 Å². The molecule has 1 saturated heterocycles. The van der Waals surface area contributed by atoms with Crippen LogP contribution in [0.15, 0.2) is 18.2 Å². The van der Waals surface area contributed by atoms with Crippen LogP contribution in [0.4, 0.5) is 4.39 Å². The molecule has 0 bridgehead atoms. The van der Waals surface area contributed by atoms with Gasteiger partial charge in [-0.05, 0) is 17.7 Å². The molecule has 16 heavy (non-hydrogen) atoms. The van der Waals surface area contributed by atoms with Gasteiger partial charge < -0.3 is 9.84 Å². The van der Waals surface area contributed by atoms with E-state index in [1.165, 1.54) is 18.2 Å². The zero-order valence-electron chi connectivity index (χ0n) is 8.37. The number of hydrogen-bond donors (Lipinski definition) is 1. The fraction of sp³-hybridized carbons (Fsp3) is 0.364. The Morgan fingerprint density at radius 3 is 2.75 bits per heavy atom. The average Bonchev–Trinajstić information content (AvgIpc) is 2.16. The fourth-order valence-corrected chi connectivity index (χ4v) is 2.02. The Kier molecular flexibility index (Phi) is 2.86. The number of benzene rings is 1. The number of carboxylic acid groups (broad SMARTS) is 1. The van der Waals surface area contributed by atoms with Crippen LogP contribution in [-0.2, 0) is 15.1 Å². The summed E-state index contributed by atoms with van der Waals surface area (Å²) in [5, 5.41) is 8.80. The summed E-state index contributed by atoms with van der Waals surface area (Å²) in [6, 6.07) is 4.17. The van der Waals surface area contributed by atoms with Gasteiger partial charge in [-0.1, -0.05) is 17.7 Å². The Hall–Kier alpha value is -1.13. The first-order valence-corrected chi connectivity index (χ1v) is 5.23. The molecule has 1 fully saturated rings. The predicted octanol–water partition coefficient (Wildman–Crippen LogP) is 2.57. The molecule has 1 unspecified atom stereocenters. The minimum Gasteiger partial charge on any atom is -0.481 e. The second-order valence-electron chi connectivity index (χ2n) is 3.79. The lowest BCUT2D eigenvalue weighted by molar-refractivity contribution is -0.176. The van der Waals surface area contributed by atoms with Gasteiger partial charge in [-0.15, -0.1) is 0 Å². The quantitative estimate of drug-likeness (QED) is 0.889. The van der Waals surface area contributed by atoms with Gasteiger partial charge in [0.2, 0.25) is 0 Å². The van der Waals surface area contributed by atoms with Crippen LogP contribution in [0.5, 0.6) is 0 Å². The van der Waals surface area contributed by atoms with Crippen molar-refractivity contribution in [3.63, 3.8) is 0 Å². The third-order valence-corrected chi connectivity index (χ3v) is 3.06. The molecular formula is C11H10ClFO3. The average molecular weight is 245 g/mol. The highest BCUT2D eigenvalue weighted by Gasteiger charge is 2.42. The normalized spacial score (nSPS) is 23.9. The molecule has 0 radical (unpaired) electrons. The van der Waals surface area contributed by atoms with Crippen LogP contribution in [-0.4, -0.2) is 17.7 Å². The van der Waals surface area contributed by atoms with Gasteiger partial charge in [0.05, 0.1) is 18.1 Å². The Morgan fingerprint density at radius 1 is 1.62 bits per heavy atom. The summed E-state index contributed by atoms with van der Waals surface area (Å²) in [7, 11) is 0. The SMILES string of the molecule is O=C(O)CC1(c2ccc(F)c(Cl)c2)CCO1. The lowest BCUT2D eigenvalue weighted by Crippen LogP contribution is -2.42. The molecule has 1 aliphatic heterocycles. The van der Waals surface area contributed by atoms with Gasteiger partial charge in [-0.2, -0.15) is 0 Å². The maximum absolute atomic E-state index is 13.0. The van der Waals surface area contributed by atoms with Crippen LogP contribution in [0.1, 0.15) is 18.4 Å². The minimum absolute atomic E-state index is 0.0160. The molecule has 1 aromatic rings. The van der Waals surface area contributed by atoms with Gasteiger partial charge in [0, 0.05) is 6.42 Å². The Labute approximate surface area is 96.8 Å². The second kappa shape index (κ2) is 4.03.